The van der Waals surface area contributed by atoms with Gasteiger partial charge in [0.15, 0.2) is 12.6 Å². The molecule has 1 N–H and O–H groups in total. The summed E-state index contributed by atoms with van der Waals surface area (Å²) in [5.41, 5.74) is 0.641. The highest BCUT2D eigenvalue weighted by Gasteiger charge is 2.28. The molecule has 0 saturated carbocycles. The molecular formula is C17H25F3IN3O. The molecule has 142 valence electrons. The zero-order valence-electron chi connectivity index (χ0n) is 14.5. The van der Waals surface area contributed by atoms with Gasteiger partial charge < -0.3 is 15.0 Å². The topological polar surface area (TPSA) is 36.9 Å². The zero-order chi connectivity index (χ0) is 18.0. The van der Waals surface area contributed by atoms with Crippen LogP contribution in [0.3, 0.4) is 0 Å². The van der Waals surface area contributed by atoms with E-state index >= 15 is 0 Å². The Labute approximate surface area is 164 Å². The maximum absolute atomic E-state index is 12.3. The number of ether oxygens (including phenoxy) is 1. The van der Waals surface area contributed by atoms with Crippen molar-refractivity contribution in [2.45, 2.75) is 25.6 Å². The quantitative estimate of drug-likeness (QED) is 0.203. The lowest BCUT2D eigenvalue weighted by Crippen LogP contribution is -2.39. The molecule has 1 aromatic rings. The van der Waals surface area contributed by atoms with E-state index in [4.69, 9.17) is 4.74 Å². The van der Waals surface area contributed by atoms with Crippen molar-refractivity contribution >= 4 is 29.9 Å². The number of rotatable bonds is 8. The molecule has 0 heterocycles. The minimum absolute atomic E-state index is 0. The van der Waals surface area contributed by atoms with Crippen LogP contribution in [-0.2, 0) is 6.54 Å². The third-order valence-electron chi connectivity index (χ3n) is 3.28. The SMILES string of the molecule is C=CCCCN(C)C(=NC)NCc1ccccc1OCC(F)(F)F.I. The maximum Gasteiger partial charge on any atom is 0.422 e. The average molecular weight is 471 g/mol. The first-order chi connectivity index (χ1) is 11.4. The first kappa shape index (κ1) is 23.5. The molecule has 1 aromatic carbocycles. The molecule has 25 heavy (non-hydrogen) atoms. The van der Waals surface area contributed by atoms with Crippen LogP contribution in [0.25, 0.3) is 0 Å². The van der Waals surface area contributed by atoms with Crippen LogP contribution in [0.5, 0.6) is 5.75 Å². The summed E-state index contributed by atoms with van der Waals surface area (Å²) in [5, 5.41) is 3.14. The van der Waals surface area contributed by atoms with Gasteiger partial charge in [0, 0.05) is 32.7 Å². The van der Waals surface area contributed by atoms with Crippen molar-refractivity contribution in [2.75, 3.05) is 27.2 Å². The average Bonchev–Trinajstić information content (AvgIpc) is 2.54. The summed E-state index contributed by atoms with van der Waals surface area (Å²) in [7, 11) is 3.57. The number of nitrogens with one attached hydrogen (secondary N) is 1. The maximum atomic E-state index is 12.3. The second kappa shape index (κ2) is 12.0. The van der Waals surface area contributed by atoms with Crippen LogP contribution in [0.4, 0.5) is 13.2 Å². The number of halogens is 4. The number of para-hydroxylation sites is 1. The van der Waals surface area contributed by atoms with E-state index in [1.54, 1.807) is 25.2 Å². The summed E-state index contributed by atoms with van der Waals surface area (Å²) in [4.78, 5) is 6.14. The van der Waals surface area contributed by atoms with E-state index in [2.05, 4.69) is 16.9 Å². The Hall–Kier alpha value is -1.45. The van der Waals surface area contributed by atoms with Gasteiger partial charge in [-0.15, -0.1) is 30.6 Å². The number of allylic oxidation sites excluding steroid dienone is 1. The molecule has 0 atom stereocenters. The monoisotopic (exact) mass is 471 g/mol. The predicted molar refractivity (Wildman–Crippen MR) is 106 cm³/mol. The molecule has 4 nitrogen and oxygen atoms in total. The van der Waals surface area contributed by atoms with Crippen LogP contribution in [0.2, 0.25) is 0 Å². The number of nitrogens with zero attached hydrogens (tertiary/aromatic N) is 2. The van der Waals surface area contributed by atoms with Crippen molar-refractivity contribution in [3.05, 3.63) is 42.5 Å². The van der Waals surface area contributed by atoms with E-state index in [1.165, 1.54) is 6.07 Å². The molecule has 0 aliphatic heterocycles. The first-order valence-corrected chi connectivity index (χ1v) is 7.67. The molecule has 0 aliphatic carbocycles. The van der Waals surface area contributed by atoms with E-state index in [0.29, 0.717) is 18.1 Å². The molecule has 0 aliphatic rings. The van der Waals surface area contributed by atoms with Gasteiger partial charge in [-0.05, 0) is 18.9 Å². The van der Waals surface area contributed by atoms with Gasteiger partial charge in [0.05, 0.1) is 0 Å². The van der Waals surface area contributed by atoms with Gasteiger partial charge in [0.25, 0.3) is 0 Å². The first-order valence-electron chi connectivity index (χ1n) is 7.67. The van der Waals surface area contributed by atoms with Gasteiger partial charge >= 0.3 is 6.18 Å². The number of hydrogen-bond acceptors (Lipinski definition) is 2. The summed E-state index contributed by atoms with van der Waals surface area (Å²) >= 11 is 0. The highest BCUT2D eigenvalue weighted by molar-refractivity contribution is 14.0. The molecule has 0 saturated heterocycles. The van der Waals surface area contributed by atoms with Crippen molar-refractivity contribution in [1.29, 1.82) is 0 Å². The number of alkyl halides is 3. The van der Waals surface area contributed by atoms with E-state index in [-0.39, 0.29) is 29.7 Å². The standard InChI is InChI=1S/C17H24F3N3O.HI/c1-4-5-8-11-23(3)16(21-2)22-12-14-9-6-7-10-15(14)24-13-17(18,19)20;/h4,6-7,9-10H,1,5,8,11-13H2,2-3H3,(H,21,22);1H. The number of guanidine groups is 1. The molecule has 0 spiro atoms. The van der Waals surface area contributed by atoms with Gasteiger partial charge in [-0.25, -0.2) is 0 Å². The minimum Gasteiger partial charge on any atom is -0.484 e. The molecule has 1 rings (SSSR count). The van der Waals surface area contributed by atoms with E-state index in [0.717, 1.165) is 19.4 Å². The van der Waals surface area contributed by atoms with Crippen LogP contribution in [0.1, 0.15) is 18.4 Å². The Bertz CT molecular complexity index is 550. The van der Waals surface area contributed by atoms with Crippen LogP contribution in [0.15, 0.2) is 41.9 Å². The third-order valence-corrected chi connectivity index (χ3v) is 3.28. The Morgan fingerprint density at radius 1 is 1.36 bits per heavy atom. The molecule has 8 heteroatoms. The second-order valence-electron chi connectivity index (χ2n) is 5.26. The third kappa shape index (κ3) is 9.57. The Morgan fingerprint density at radius 3 is 2.64 bits per heavy atom. The fourth-order valence-corrected chi connectivity index (χ4v) is 2.09. The molecule has 0 radical (unpaired) electrons. The van der Waals surface area contributed by atoms with Crippen LogP contribution < -0.4 is 10.1 Å². The molecule has 0 bridgehead atoms. The fourth-order valence-electron chi connectivity index (χ4n) is 2.09. The number of aliphatic imine (C=N–C) groups is 1. The van der Waals surface area contributed by atoms with E-state index in [1.807, 2.05) is 18.0 Å². The smallest absolute Gasteiger partial charge is 0.422 e. The van der Waals surface area contributed by atoms with Crippen LogP contribution in [-0.4, -0.2) is 44.3 Å². The van der Waals surface area contributed by atoms with Gasteiger partial charge in [-0.3, -0.25) is 4.99 Å². The summed E-state index contributed by atoms with van der Waals surface area (Å²) in [6.45, 7) is 3.51. The number of hydrogen-bond donors (Lipinski definition) is 1. The van der Waals surface area contributed by atoms with Crippen LogP contribution >= 0.6 is 24.0 Å². The van der Waals surface area contributed by atoms with Crippen molar-refractivity contribution in [3.8, 4) is 5.75 Å². The van der Waals surface area contributed by atoms with Gasteiger partial charge in [-0.1, -0.05) is 24.3 Å². The van der Waals surface area contributed by atoms with Crippen molar-refractivity contribution in [2.24, 2.45) is 4.99 Å². The summed E-state index contributed by atoms with van der Waals surface area (Å²) in [5.74, 6) is 0.886. The van der Waals surface area contributed by atoms with Gasteiger partial charge in [0.2, 0.25) is 0 Å². The Balaban J connectivity index is 0.00000576. The molecule has 0 aromatic heterocycles. The summed E-state index contributed by atoms with van der Waals surface area (Å²) in [6, 6.07) is 6.66. The molecule has 0 fully saturated rings. The fraction of sp³-hybridized carbons (Fsp3) is 0.471. The normalized spacial score (nSPS) is 11.5. The Kier molecular flexibility index (Phi) is 11.3. The summed E-state index contributed by atoms with van der Waals surface area (Å²) in [6.07, 6.45) is -0.637. The lowest BCUT2D eigenvalue weighted by Gasteiger charge is -2.22. The predicted octanol–water partition coefficient (Wildman–Crippen LogP) is 4.22. The lowest BCUT2D eigenvalue weighted by atomic mass is 10.2. The lowest BCUT2D eigenvalue weighted by molar-refractivity contribution is -0.153. The highest BCUT2D eigenvalue weighted by Crippen LogP contribution is 2.22. The highest BCUT2D eigenvalue weighted by atomic mass is 127. The van der Waals surface area contributed by atoms with Crippen molar-refractivity contribution in [3.63, 3.8) is 0 Å². The molecular weight excluding hydrogens is 446 g/mol. The number of benzene rings is 1. The van der Waals surface area contributed by atoms with Gasteiger partial charge in [0.1, 0.15) is 5.75 Å². The minimum atomic E-state index is -4.36. The van der Waals surface area contributed by atoms with Gasteiger partial charge in [-0.2, -0.15) is 13.2 Å². The number of unbranched alkanes of at least 4 members (excludes halogenated alkanes) is 1. The second-order valence-corrected chi connectivity index (χ2v) is 5.26. The van der Waals surface area contributed by atoms with E-state index in [9.17, 15) is 13.2 Å². The van der Waals surface area contributed by atoms with Crippen molar-refractivity contribution < 1.29 is 17.9 Å². The Morgan fingerprint density at radius 2 is 2.04 bits per heavy atom. The molecule has 0 unspecified atom stereocenters. The largest absolute Gasteiger partial charge is 0.484 e. The van der Waals surface area contributed by atoms with E-state index < -0.39 is 12.8 Å². The summed E-state index contributed by atoms with van der Waals surface area (Å²) < 4.78 is 41.8. The zero-order valence-corrected chi connectivity index (χ0v) is 16.8. The van der Waals surface area contributed by atoms with Crippen molar-refractivity contribution in [1.82, 2.24) is 10.2 Å². The van der Waals surface area contributed by atoms with Crippen LogP contribution in [0, 0.1) is 0 Å². The molecule has 0 amide bonds.